The van der Waals surface area contributed by atoms with E-state index >= 15 is 0 Å². The highest BCUT2D eigenvalue weighted by Crippen LogP contribution is 2.16. The third kappa shape index (κ3) is 2.68. The summed E-state index contributed by atoms with van der Waals surface area (Å²) in [6.07, 6.45) is 1.66. The number of nitrogens with zero attached hydrogens (tertiary/aromatic N) is 2. The van der Waals surface area contributed by atoms with Gasteiger partial charge in [0, 0.05) is 17.3 Å². The van der Waals surface area contributed by atoms with Crippen molar-refractivity contribution in [2.45, 2.75) is 13.5 Å². The molecule has 1 aromatic heterocycles. The van der Waals surface area contributed by atoms with E-state index in [-0.39, 0.29) is 10.8 Å². The molecule has 2 N–H and O–H groups in total. The Morgan fingerprint density at radius 3 is 2.78 bits per heavy atom. The molecule has 0 radical (unpaired) electrons. The minimum Gasteiger partial charge on any atom is -0.389 e. The number of aromatic nitrogens is 2. The van der Waals surface area contributed by atoms with Gasteiger partial charge in [-0.2, -0.15) is 5.10 Å². The molecule has 0 atom stereocenters. The van der Waals surface area contributed by atoms with Crippen molar-refractivity contribution in [2.75, 3.05) is 0 Å². The standard InChI is InChI=1S/C12H11ClFN3S/c1-7-10(13)6-17(16-7)5-9-3-2-8(12(15)18)4-11(9)14/h2-4,6H,5H2,1H3,(H2,15,18). The van der Waals surface area contributed by atoms with Gasteiger partial charge in [0.1, 0.15) is 10.8 Å². The molecule has 0 amide bonds. The van der Waals surface area contributed by atoms with Crippen LogP contribution < -0.4 is 5.73 Å². The number of aryl methyl sites for hydroxylation is 1. The summed E-state index contributed by atoms with van der Waals surface area (Å²) in [6.45, 7) is 2.11. The predicted octanol–water partition coefficient (Wildman–Crippen LogP) is 2.67. The fourth-order valence-electron chi connectivity index (χ4n) is 1.58. The number of benzene rings is 1. The second-order valence-corrected chi connectivity index (χ2v) is 4.78. The molecule has 0 fully saturated rings. The van der Waals surface area contributed by atoms with Gasteiger partial charge in [-0.25, -0.2) is 4.39 Å². The summed E-state index contributed by atoms with van der Waals surface area (Å²) in [4.78, 5) is 0.179. The molecule has 0 saturated carbocycles. The molecule has 0 unspecified atom stereocenters. The molecule has 1 heterocycles. The maximum Gasteiger partial charge on any atom is 0.128 e. The lowest BCUT2D eigenvalue weighted by atomic mass is 10.1. The van der Waals surface area contributed by atoms with Gasteiger partial charge in [0.05, 0.1) is 17.3 Å². The average molecular weight is 284 g/mol. The van der Waals surface area contributed by atoms with E-state index in [1.165, 1.54) is 6.07 Å². The first-order valence-corrected chi connectivity index (χ1v) is 6.04. The Kier molecular flexibility index (Phi) is 3.63. The molecular weight excluding hydrogens is 273 g/mol. The monoisotopic (exact) mass is 283 g/mol. The summed E-state index contributed by atoms with van der Waals surface area (Å²) in [6, 6.07) is 4.67. The molecule has 0 aliphatic heterocycles. The third-order valence-electron chi connectivity index (χ3n) is 2.56. The second kappa shape index (κ2) is 5.04. The van der Waals surface area contributed by atoms with Crippen LogP contribution in [-0.4, -0.2) is 14.8 Å². The van der Waals surface area contributed by atoms with E-state index in [2.05, 4.69) is 5.10 Å². The molecule has 0 saturated heterocycles. The molecule has 2 aromatic rings. The number of hydrogen-bond acceptors (Lipinski definition) is 2. The van der Waals surface area contributed by atoms with Crippen LogP contribution in [0.4, 0.5) is 4.39 Å². The van der Waals surface area contributed by atoms with Gasteiger partial charge in [-0.1, -0.05) is 36.0 Å². The van der Waals surface area contributed by atoms with Crippen molar-refractivity contribution in [3.63, 3.8) is 0 Å². The van der Waals surface area contributed by atoms with Crippen molar-refractivity contribution >= 4 is 28.8 Å². The molecule has 1 aromatic carbocycles. The molecule has 0 spiro atoms. The maximum atomic E-state index is 13.8. The largest absolute Gasteiger partial charge is 0.389 e. The predicted molar refractivity (Wildman–Crippen MR) is 73.4 cm³/mol. The lowest BCUT2D eigenvalue weighted by molar-refractivity contribution is 0.583. The Bertz CT molecular complexity index is 590. The molecule has 3 nitrogen and oxygen atoms in total. The topological polar surface area (TPSA) is 43.8 Å². The zero-order valence-electron chi connectivity index (χ0n) is 9.65. The summed E-state index contributed by atoms with van der Waals surface area (Å²) < 4.78 is 15.4. The van der Waals surface area contributed by atoms with Gasteiger partial charge < -0.3 is 5.73 Å². The van der Waals surface area contributed by atoms with Crippen LogP contribution >= 0.6 is 23.8 Å². The second-order valence-electron chi connectivity index (χ2n) is 3.93. The minimum atomic E-state index is -0.357. The zero-order valence-corrected chi connectivity index (χ0v) is 11.2. The van der Waals surface area contributed by atoms with Gasteiger partial charge in [-0.15, -0.1) is 0 Å². The number of nitrogens with two attached hydrogens (primary N) is 1. The van der Waals surface area contributed by atoms with Gasteiger partial charge in [-0.3, -0.25) is 4.68 Å². The van der Waals surface area contributed by atoms with E-state index in [0.29, 0.717) is 22.7 Å². The molecule has 0 aliphatic carbocycles. The summed E-state index contributed by atoms with van der Waals surface area (Å²) in [7, 11) is 0. The van der Waals surface area contributed by atoms with Crippen LogP contribution in [0.5, 0.6) is 0 Å². The van der Waals surface area contributed by atoms with Gasteiger partial charge in [-0.05, 0) is 13.0 Å². The van der Waals surface area contributed by atoms with Gasteiger partial charge >= 0.3 is 0 Å². The molecule has 2 rings (SSSR count). The van der Waals surface area contributed by atoms with Crippen molar-refractivity contribution < 1.29 is 4.39 Å². The Labute approximate surface area is 114 Å². The lowest BCUT2D eigenvalue weighted by Crippen LogP contribution is -2.11. The van der Waals surface area contributed by atoms with E-state index < -0.39 is 0 Å². The third-order valence-corrected chi connectivity index (χ3v) is 3.16. The van der Waals surface area contributed by atoms with Crippen LogP contribution in [0.25, 0.3) is 0 Å². The van der Waals surface area contributed by atoms with Crippen LogP contribution in [-0.2, 0) is 6.54 Å². The van der Waals surface area contributed by atoms with Crippen molar-refractivity contribution in [3.8, 4) is 0 Å². The van der Waals surface area contributed by atoms with Crippen molar-refractivity contribution in [1.82, 2.24) is 9.78 Å². The average Bonchev–Trinajstić information content (AvgIpc) is 2.61. The number of thiocarbonyl (C=S) groups is 1. The first-order chi connectivity index (χ1) is 8.47. The molecule has 0 bridgehead atoms. The summed E-state index contributed by atoms with van der Waals surface area (Å²) in [5.41, 5.74) is 7.18. The van der Waals surface area contributed by atoms with Crippen molar-refractivity contribution in [1.29, 1.82) is 0 Å². The summed E-state index contributed by atoms with van der Waals surface area (Å²) in [5.74, 6) is -0.357. The van der Waals surface area contributed by atoms with E-state index in [1.807, 2.05) is 0 Å². The summed E-state index contributed by atoms with van der Waals surface area (Å²) in [5, 5.41) is 4.74. The normalized spacial score (nSPS) is 10.6. The fraction of sp³-hybridized carbons (Fsp3) is 0.167. The SMILES string of the molecule is Cc1nn(Cc2ccc(C(N)=S)cc2F)cc1Cl. The van der Waals surface area contributed by atoms with Crippen molar-refractivity contribution in [2.24, 2.45) is 5.73 Å². The van der Waals surface area contributed by atoms with E-state index in [9.17, 15) is 4.39 Å². The minimum absolute atomic E-state index is 0.179. The highest BCUT2D eigenvalue weighted by Gasteiger charge is 2.08. The highest BCUT2D eigenvalue weighted by atomic mass is 35.5. The van der Waals surface area contributed by atoms with E-state index in [1.54, 1.807) is 29.9 Å². The van der Waals surface area contributed by atoms with Crippen LogP contribution in [0.15, 0.2) is 24.4 Å². The molecular formula is C12H11ClFN3S. The van der Waals surface area contributed by atoms with Gasteiger partial charge in [0.2, 0.25) is 0 Å². The maximum absolute atomic E-state index is 13.8. The first-order valence-electron chi connectivity index (χ1n) is 5.25. The molecule has 94 valence electrons. The highest BCUT2D eigenvalue weighted by molar-refractivity contribution is 7.80. The molecule has 18 heavy (non-hydrogen) atoms. The van der Waals surface area contributed by atoms with Crippen molar-refractivity contribution in [3.05, 3.63) is 52.1 Å². The Morgan fingerprint density at radius 1 is 1.56 bits per heavy atom. The van der Waals surface area contributed by atoms with Crippen LogP contribution in [0, 0.1) is 12.7 Å². The molecule has 0 aliphatic rings. The Balaban J connectivity index is 2.27. The van der Waals surface area contributed by atoms with Crippen LogP contribution in [0.2, 0.25) is 5.02 Å². The number of rotatable bonds is 3. The quantitative estimate of drug-likeness (QED) is 0.881. The smallest absolute Gasteiger partial charge is 0.128 e. The van der Waals surface area contributed by atoms with Crippen LogP contribution in [0.1, 0.15) is 16.8 Å². The fourth-order valence-corrected chi connectivity index (χ4v) is 1.86. The lowest BCUT2D eigenvalue weighted by Gasteiger charge is -2.05. The number of halogens is 2. The first kappa shape index (κ1) is 13.0. The number of hydrogen-bond donors (Lipinski definition) is 1. The Morgan fingerprint density at radius 2 is 2.28 bits per heavy atom. The summed E-state index contributed by atoms with van der Waals surface area (Å²) >= 11 is 10.7. The van der Waals surface area contributed by atoms with E-state index in [4.69, 9.17) is 29.6 Å². The Hall–Kier alpha value is -1.46. The zero-order chi connectivity index (χ0) is 13.3. The van der Waals surface area contributed by atoms with Crippen LogP contribution in [0.3, 0.4) is 0 Å². The van der Waals surface area contributed by atoms with Gasteiger partial charge in [0.15, 0.2) is 0 Å². The van der Waals surface area contributed by atoms with Gasteiger partial charge in [0.25, 0.3) is 0 Å². The van der Waals surface area contributed by atoms with E-state index in [0.717, 1.165) is 5.69 Å². The molecule has 6 heteroatoms.